The molecule has 124 valence electrons. The van der Waals surface area contributed by atoms with Crippen LogP contribution in [0.2, 0.25) is 0 Å². The summed E-state index contributed by atoms with van der Waals surface area (Å²) in [5, 5.41) is 11.6. The van der Waals surface area contributed by atoms with Crippen LogP contribution in [0.1, 0.15) is 29.3 Å². The second kappa shape index (κ2) is 6.78. The number of aliphatic carboxylic acids is 1. The predicted octanol–water partition coefficient (Wildman–Crippen LogP) is 0.638. The molecule has 7 heteroatoms. The molecule has 1 heterocycles. The van der Waals surface area contributed by atoms with Gasteiger partial charge in [-0.25, -0.2) is 0 Å². The van der Waals surface area contributed by atoms with E-state index in [0.29, 0.717) is 12.1 Å². The maximum Gasteiger partial charge on any atom is 0.305 e. The number of carbonyl (C=O) groups is 3. The summed E-state index contributed by atoms with van der Waals surface area (Å²) in [6, 6.07) is 7.21. The zero-order valence-corrected chi connectivity index (χ0v) is 13.2. The number of carbonyl (C=O) groups excluding carboxylic acids is 2. The van der Waals surface area contributed by atoms with Gasteiger partial charge in [-0.05, 0) is 18.6 Å². The molecule has 1 aromatic carbocycles. The minimum atomic E-state index is -1.03. The summed E-state index contributed by atoms with van der Waals surface area (Å²) in [5.74, 6) is -1.64. The Balaban J connectivity index is 2.00. The largest absolute Gasteiger partial charge is 0.481 e. The summed E-state index contributed by atoms with van der Waals surface area (Å²) in [4.78, 5) is 36.8. The van der Waals surface area contributed by atoms with Gasteiger partial charge in [0.25, 0.3) is 5.91 Å². The number of methoxy groups -OCH3 is 1. The van der Waals surface area contributed by atoms with Crippen LogP contribution in [0.3, 0.4) is 0 Å². The molecule has 2 amide bonds. The third-order valence-electron chi connectivity index (χ3n) is 3.68. The molecular formula is C16H20N2O5. The van der Waals surface area contributed by atoms with Crippen molar-refractivity contribution in [2.75, 3.05) is 20.3 Å². The van der Waals surface area contributed by atoms with Gasteiger partial charge in [0.1, 0.15) is 6.54 Å². The monoisotopic (exact) mass is 320 g/mol. The summed E-state index contributed by atoms with van der Waals surface area (Å²) < 4.78 is 4.99. The number of amides is 2. The molecule has 0 saturated carbocycles. The van der Waals surface area contributed by atoms with E-state index in [2.05, 4.69) is 5.32 Å². The number of hydrogen-bond acceptors (Lipinski definition) is 4. The summed E-state index contributed by atoms with van der Waals surface area (Å²) in [5.41, 5.74) is 0.466. The lowest BCUT2D eigenvalue weighted by Crippen LogP contribution is -2.53. The molecule has 2 rings (SSSR count). The molecule has 0 radical (unpaired) electrons. The van der Waals surface area contributed by atoms with Gasteiger partial charge in [0, 0.05) is 19.2 Å². The normalized spacial score (nSPS) is 15.9. The van der Waals surface area contributed by atoms with Crippen molar-refractivity contribution >= 4 is 17.8 Å². The Labute approximate surface area is 134 Å². The van der Waals surface area contributed by atoms with E-state index in [1.807, 2.05) is 12.1 Å². The van der Waals surface area contributed by atoms with E-state index in [-0.39, 0.29) is 25.5 Å². The third-order valence-corrected chi connectivity index (χ3v) is 3.68. The van der Waals surface area contributed by atoms with Gasteiger partial charge in [-0.2, -0.15) is 0 Å². The summed E-state index contributed by atoms with van der Waals surface area (Å²) in [7, 11) is 1.44. The number of carboxylic acid groups (broad SMARTS) is 1. The quantitative estimate of drug-likeness (QED) is 0.768. The van der Waals surface area contributed by atoms with Gasteiger partial charge in [-0.15, -0.1) is 0 Å². The van der Waals surface area contributed by atoms with Crippen LogP contribution >= 0.6 is 0 Å². The molecule has 0 aliphatic carbocycles. The lowest BCUT2D eigenvalue weighted by molar-refractivity contribution is -0.139. The van der Waals surface area contributed by atoms with Crippen molar-refractivity contribution in [2.45, 2.75) is 25.4 Å². The molecule has 0 fully saturated rings. The Morgan fingerprint density at radius 1 is 1.39 bits per heavy atom. The van der Waals surface area contributed by atoms with Gasteiger partial charge >= 0.3 is 5.97 Å². The van der Waals surface area contributed by atoms with Crippen molar-refractivity contribution in [1.82, 2.24) is 10.2 Å². The number of rotatable bonds is 7. The van der Waals surface area contributed by atoms with Crippen molar-refractivity contribution in [2.24, 2.45) is 0 Å². The highest BCUT2D eigenvalue weighted by molar-refractivity contribution is 6.00. The molecule has 23 heavy (non-hydrogen) atoms. The molecule has 1 aliphatic rings. The summed E-state index contributed by atoms with van der Waals surface area (Å²) in [6.45, 7) is 1.93. The Morgan fingerprint density at radius 3 is 2.70 bits per heavy atom. The maximum atomic E-state index is 12.2. The SMILES string of the molecule is COCC(C)(CC(=O)O)NC(=O)CN1Cc2ccccc2C1=O. The highest BCUT2D eigenvalue weighted by Gasteiger charge is 2.32. The van der Waals surface area contributed by atoms with Crippen LogP contribution in [0.5, 0.6) is 0 Å². The van der Waals surface area contributed by atoms with Crippen molar-refractivity contribution in [3.63, 3.8) is 0 Å². The van der Waals surface area contributed by atoms with E-state index in [1.165, 1.54) is 12.0 Å². The van der Waals surface area contributed by atoms with E-state index >= 15 is 0 Å². The van der Waals surface area contributed by atoms with Gasteiger partial charge in [-0.3, -0.25) is 14.4 Å². The molecule has 1 atom stereocenters. The Hall–Kier alpha value is -2.41. The zero-order valence-electron chi connectivity index (χ0n) is 13.2. The average molecular weight is 320 g/mol. The van der Waals surface area contributed by atoms with Gasteiger partial charge in [0.15, 0.2) is 0 Å². The van der Waals surface area contributed by atoms with Crippen molar-refractivity contribution < 1.29 is 24.2 Å². The van der Waals surface area contributed by atoms with Gasteiger partial charge in [0.2, 0.25) is 5.91 Å². The van der Waals surface area contributed by atoms with Gasteiger partial charge in [0.05, 0.1) is 18.6 Å². The maximum absolute atomic E-state index is 12.2. The number of ether oxygens (including phenoxy) is 1. The average Bonchev–Trinajstić information content (AvgIpc) is 2.74. The first-order valence-corrected chi connectivity index (χ1v) is 7.23. The second-order valence-electron chi connectivity index (χ2n) is 5.93. The smallest absolute Gasteiger partial charge is 0.305 e. The lowest BCUT2D eigenvalue weighted by Gasteiger charge is -2.29. The highest BCUT2D eigenvalue weighted by atomic mass is 16.5. The Bertz CT molecular complexity index is 631. The van der Waals surface area contributed by atoms with Crippen LogP contribution in [-0.2, 0) is 20.9 Å². The first kappa shape index (κ1) is 17.0. The Kier molecular flexibility index (Phi) is 5.00. The minimum Gasteiger partial charge on any atom is -0.481 e. The fourth-order valence-corrected chi connectivity index (χ4v) is 2.78. The van der Waals surface area contributed by atoms with Crippen molar-refractivity contribution in [1.29, 1.82) is 0 Å². The van der Waals surface area contributed by atoms with Gasteiger partial charge in [-0.1, -0.05) is 18.2 Å². The van der Waals surface area contributed by atoms with E-state index in [4.69, 9.17) is 9.84 Å². The highest BCUT2D eigenvalue weighted by Crippen LogP contribution is 2.22. The first-order chi connectivity index (χ1) is 10.8. The fraction of sp³-hybridized carbons (Fsp3) is 0.438. The molecule has 0 bridgehead atoms. The topological polar surface area (TPSA) is 95.9 Å². The first-order valence-electron chi connectivity index (χ1n) is 7.23. The van der Waals surface area contributed by atoms with Crippen LogP contribution in [0.25, 0.3) is 0 Å². The van der Waals surface area contributed by atoms with Crippen LogP contribution < -0.4 is 5.32 Å². The molecule has 1 aromatic rings. The standard InChI is InChI=1S/C16H20N2O5/c1-16(10-23-2,7-14(20)21)17-13(19)9-18-8-11-5-3-4-6-12(11)15(18)22/h3-6H,7-10H2,1-2H3,(H,17,19)(H,20,21). The van der Waals surface area contributed by atoms with E-state index < -0.39 is 17.4 Å². The minimum absolute atomic E-state index is 0.0687. The van der Waals surface area contributed by atoms with Crippen LogP contribution in [-0.4, -0.2) is 53.6 Å². The van der Waals surface area contributed by atoms with E-state index in [0.717, 1.165) is 5.56 Å². The third kappa shape index (κ3) is 4.07. The van der Waals surface area contributed by atoms with Crippen molar-refractivity contribution in [3.05, 3.63) is 35.4 Å². The number of carboxylic acids is 1. The predicted molar refractivity (Wildman–Crippen MR) is 81.9 cm³/mol. The summed E-state index contributed by atoms with van der Waals surface area (Å²) in [6.07, 6.45) is -0.263. The lowest BCUT2D eigenvalue weighted by atomic mass is 9.99. The van der Waals surface area contributed by atoms with Crippen molar-refractivity contribution in [3.8, 4) is 0 Å². The van der Waals surface area contributed by atoms with Gasteiger partial charge < -0.3 is 20.1 Å². The molecule has 7 nitrogen and oxygen atoms in total. The van der Waals surface area contributed by atoms with E-state index in [1.54, 1.807) is 19.1 Å². The molecular weight excluding hydrogens is 300 g/mol. The van der Waals surface area contributed by atoms with Crippen LogP contribution in [0.4, 0.5) is 0 Å². The fourth-order valence-electron chi connectivity index (χ4n) is 2.78. The number of benzene rings is 1. The zero-order chi connectivity index (χ0) is 17.0. The Morgan fingerprint density at radius 2 is 2.09 bits per heavy atom. The number of nitrogens with zero attached hydrogens (tertiary/aromatic N) is 1. The molecule has 1 unspecified atom stereocenters. The molecule has 0 aromatic heterocycles. The molecule has 1 aliphatic heterocycles. The van der Waals surface area contributed by atoms with Crippen LogP contribution in [0, 0.1) is 0 Å². The number of fused-ring (bicyclic) bond motifs is 1. The number of nitrogens with one attached hydrogen (secondary N) is 1. The molecule has 0 saturated heterocycles. The second-order valence-corrected chi connectivity index (χ2v) is 5.93. The van der Waals surface area contributed by atoms with Crippen LogP contribution in [0.15, 0.2) is 24.3 Å². The number of hydrogen-bond donors (Lipinski definition) is 2. The molecule has 2 N–H and O–H groups in total. The molecule has 0 spiro atoms. The summed E-state index contributed by atoms with van der Waals surface area (Å²) >= 11 is 0. The van der Waals surface area contributed by atoms with E-state index in [9.17, 15) is 14.4 Å².